The van der Waals surface area contributed by atoms with Crippen LogP contribution in [0.1, 0.15) is 23.6 Å². The van der Waals surface area contributed by atoms with Crippen molar-refractivity contribution < 1.29 is 8.42 Å². The summed E-state index contributed by atoms with van der Waals surface area (Å²) in [5.41, 5.74) is 0. The largest absolute Gasteiger partial charge is 0.339 e. The van der Waals surface area contributed by atoms with Gasteiger partial charge in [0.05, 0.1) is 6.33 Å². The molecule has 0 aromatic carbocycles. The van der Waals surface area contributed by atoms with Crippen LogP contribution in [0.25, 0.3) is 0 Å². The van der Waals surface area contributed by atoms with Gasteiger partial charge < -0.3 is 4.57 Å². The smallest absolute Gasteiger partial charge is 0.262 e. The fourth-order valence-corrected chi connectivity index (χ4v) is 4.89. The van der Waals surface area contributed by atoms with Crippen molar-refractivity contribution in [2.75, 3.05) is 13.1 Å². The van der Waals surface area contributed by atoms with Crippen LogP contribution in [0.2, 0.25) is 0 Å². The molecule has 1 fully saturated rings. The summed E-state index contributed by atoms with van der Waals surface area (Å²) >= 11 is 1.75. The van der Waals surface area contributed by atoms with Gasteiger partial charge in [0.1, 0.15) is 0 Å². The van der Waals surface area contributed by atoms with Gasteiger partial charge in [-0.3, -0.25) is 0 Å². The molecule has 0 spiro atoms. The van der Waals surface area contributed by atoms with Gasteiger partial charge in [-0.2, -0.15) is 4.31 Å². The van der Waals surface area contributed by atoms with Crippen molar-refractivity contribution >= 4 is 21.4 Å². The summed E-state index contributed by atoms with van der Waals surface area (Å²) in [6, 6.07) is 4.19. The monoisotopic (exact) mass is 311 g/mol. The van der Waals surface area contributed by atoms with Gasteiger partial charge >= 0.3 is 0 Å². The van der Waals surface area contributed by atoms with Crippen molar-refractivity contribution in [1.82, 2.24) is 13.9 Å². The van der Waals surface area contributed by atoms with Crippen LogP contribution in [0.4, 0.5) is 0 Å². The number of piperidine rings is 1. The summed E-state index contributed by atoms with van der Waals surface area (Å²) in [6.07, 6.45) is 4.84. The number of nitrogens with zero attached hydrogens (tertiary/aromatic N) is 3. The molecular weight excluding hydrogens is 294 g/mol. The Balaban J connectivity index is 1.72. The Hall–Kier alpha value is -1.18. The number of hydrogen-bond donors (Lipinski definition) is 0. The lowest BCUT2D eigenvalue weighted by Crippen LogP contribution is -2.37. The summed E-state index contributed by atoms with van der Waals surface area (Å²) in [4.78, 5) is 5.33. The predicted molar refractivity (Wildman–Crippen MR) is 78.3 cm³/mol. The van der Waals surface area contributed by atoms with Gasteiger partial charge in [-0.05, 0) is 30.2 Å². The number of imidazole rings is 1. The third-order valence-corrected chi connectivity index (χ3v) is 6.50. The van der Waals surface area contributed by atoms with E-state index in [-0.39, 0.29) is 5.03 Å². The maximum Gasteiger partial charge on any atom is 0.262 e. The minimum atomic E-state index is -3.43. The molecule has 1 saturated heterocycles. The average molecular weight is 311 g/mol. The van der Waals surface area contributed by atoms with Crippen LogP contribution < -0.4 is 0 Å². The van der Waals surface area contributed by atoms with Crippen molar-refractivity contribution in [1.29, 1.82) is 0 Å². The zero-order valence-electron chi connectivity index (χ0n) is 11.3. The van der Waals surface area contributed by atoms with Crippen molar-refractivity contribution in [2.45, 2.75) is 23.8 Å². The Morgan fingerprint density at radius 1 is 1.35 bits per heavy atom. The van der Waals surface area contributed by atoms with Gasteiger partial charge in [-0.1, -0.05) is 6.07 Å². The highest BCUT2D eigenvalue weighted by Crippen LogP contribution is 2.32. The SMILES string of the molecule is Cn1cnc(S(=O)(=O)N2CCC(c3cccs3)CC2)c1. The zero-order chi connectivity index (χ0) is 14.2. The Morgan fingerprint density at radius 2 is 2.10 bits per heavy atom. The van der Waals surface area contributed by atoms with E-state index >= 15 is 0 Å². The van der Waals surface area contributed by atoms with Gasteiger partial charge in [-0.15, -0.1) is 11.3 Å². The molecule has 3 heterocycles. The highest BCUT2D eigenvalue weighted by atomic mass is 32.2. The Morgan fingerprint density at radius 3 is 2.65 bits per heavy atom. The second-order valence-electron chi connectivity index (χ2n) is 5.07. The molecule has 7 heteroatoms. The Bertz CT molecular complexity index is 668. The third kappa shape index (κ3) is 2.53. The topological polar surface area (TPSA) is 55.2 Å². The van der Waals surface area contributed by atoms with Crippen LogP contribution in [-0.4, -0.2) is 35.4 Å². The standard InChI is InChI=1S/C13H17N3O2S2/c1-15-9-13(14-10-15)20(17,18)16-6-4-11(5-7-16)12-3-2-8-19-12/h2-3,8-11H,4-7H2,1H3. The highest BCUT2D eigenvalue weighted by Gasteiger charge is 2.31. The van der Waals surface area contributed by atoms with E-state index in [4.69, 9.17) is 0 Å². The highest BCUT2D eigenvalue weighted by molar-refractivity contribution is 7.89. The fraction of sp³-hybridized carbons (Fsp3) is 0.462. The second kappa shape index (κ2) is 5.31. The van der Waals surface area contributed by atoms with Gasteiger partial charge in [0.2, 0.25) is 0 Å². The lowest BCUT2D eigenvalue weighted by molar-refractivity contribution is 0.320. The molecule has 2 aromatic rings. The van der Waals surface area contributed by atoms with Gasteiger partial charge in [-0.25, -0.2) is 13.4 Å². The van der Waals surface area contributed by atoms with Crippen molar-refractivity contribution in [3.05, 3.63) is 34.9 Å². The average Bonchev–Trinajstić information content (AvgIpc) is 3.10. The first kappa shape index (κ1) is 13.8. The molecule has 1 aliphatic rings. The number of sulfonamides is 1. The zero-order valence-corrected chi connectivity index (χ0v) is 12.9. The maximum absolute atomic E-state index is 12.4. The quantitative estimate of drug-likeness (QED) is 0.872. The molecule has 108 valence electrons. The van der Waals surface area contributed by atoms with Crippen molar-refractivity contribution in [3.63, 3.8) is 0 Å². The summed E-state index contributed by atoms with van der Waals surface area (Å²) in [6.45, 7) is 1.14. The van der Waals surface area contributed by atoms with E-state index in [0.717, 1.165) is 12.8 Å². The molecule has 0 atom stereocenters. The number of rotatable bonds is 3. The predicted octanol–water partition coefficient (Wildman–Crippen LogP) is 2.05. The molecule has 0 N–H and O–H groups in total. The number of aryl methyl sites for hydroxylation is 1. The van der Waals surface area contributed by atoms with Crippen LogP contribution in [0.3, 0.4) is 0 Å². The summed E-state index contributed by atoms with van der Waals surface area (Å²) in [7, 11) is -1.66. The van der Waals surface area contributed by atoms with E-state index in [0.29, 0.717) is 19.0 Å². The summed E-state index contributed by atoms with van der Waals surface area (Å²) in [5, 5.41) is 2.22. The van der Waals surface area contributed by atoms with Crippen molar-refractivity contribution in [2.24, 2.45) is 7.05 Å². The lowest BCUT2D eigenvalue weighted by atomic mass is 9.97. The molecule has 0 amide bonds. The molecule has 0 radical (unpaired) electrons. The van der Waals surface area contributed by atoms with E-state index in [1.165, 1.54) is 11.2 Å². The summed E-state index contributed by atoms with van der Waals surface area (Å²) in [5.74, 6) is 0.491. The molecule has 3 rings (SSSR count). The van der Waals surface area contributed by atoms with E-state index in [2.05, 4.69) is 22.5 Å². The fourth-order valence-electron chi connectivity index (χ4n) is 2.56. The molecular formula is C13H17N3O2S2. The number of hydrogen-bond acceptors (Lipinski definition) is 4. The number of aromatic nitrogens is 2. The Kier molecular flexibility index (Phi) is 3.66. The summed E-state index contributed by atoms with van der Waals surface area (Å²) < 4.78 is 28.1. The molecule has 2 aromatic heterocycles. The molecule has 20 heavy (non-hydrogen) atoms. The van der Waals surface area contributed by atoms with Gasteiger partial charge in [0.15, 0.2) is 5.03 Å². The van der Waals surface area contributed by atoms with Crippen molar-refractivity contribution in [3.8, 4) is 0 Å². The van der Waals surface area contributed by atoms with Crippen LogP contribution >= 0.6 is 11.3 Å². The first-order valence-electron chi connectivity index (χ1n) is 6.59. The second-order valence-corrected chi connectivity index (χ2v) is 7.94. The minimum Gasteiger partial charge on any atom is -0.339 e. The molecule has 0 saturated carbocycles. The Labute approximate surface area is 122 Å². The van der Waals surface area contributed by atoms with Crippen LogP contribution in [-0.2, 0) is 17.1 Å². The number of thiophene rings is 1. The molecule has 0 bridgehead atoms. The molecule has 1 aliphatic heterocycles. The van der Waals surface area contributed by atoms with Crippen LogP contribution in [0, 0.1) is 0 Å². The third-order valence-electron chi connectivity index (χ3n) is 3.68. The van der Waals surface area contributed by atoms with E-state index in [1.807, 2.05) is 0 Å². The molecule has 5 nitrogen and oxygen atoms in total. The van der Waals surface area contributed by atoms with Gasteiger partial charge in [0.25, 0.3) is 10.0 Å². The molecule has 0 unspecified atom stereocenters. The minimum absolute atomic E-state index is 0.148. The maximum atomic E-state index is 12.4. The van der Waals surface area contributed by atoms with E-state index in [9.17, 15) is 8.42 Å². The molecule has 0 aliphatic carbocycles. The first-order valence-corrected chi connectivity index (χ1v) is 8.91. The lowest BCUT2D eigenvalue weighted by Gasteiger charge is -2.30. The normalized spacial score (nSPS) is 18.4. The van der Waals surface area contributed by atoms with E-state index in [1.54, 1.807) is 33.5 Å². The first-order chi connectivity index (χ1) is 9.57. The van der Waals surface area contributed by atoms with E-state index < -0.39 is 10.0 Å². The van der Waals surface area contributed by atoms with Crippen LogP contribution in [0.15, 0.2) is 35.1 Å². The van der Waals surface area contributed by atoms with Crippen LogP contribution in [0.5, 0.6) is 0 Å². The van der Waals surface area contributed by atoms with Gasteiger partial charge in [0, 0.05) is 31.2 Å².